The lowest BCUT2D eigenvalue weighted by Gasteiger charge is -2.15. The maximum atomic E-state index is 6.11. The van der Waals surface area contributed by atoms with Crippen molar-refractivity contribution < 1.29 is 0 Å². The average Bonchev–Trinajstić information content (AvgIpc) is 2.91. The quantitative estimate of drug-likeness (QED) is 0.644. The molecule has 2 rings (SSSR count). The molecule has 2 aromatic rings. The highest BCUT2D eigenvalue weighted by Gasteiger charge is 2.21. The Balaban J connectivity index is 2.44. The van der Waals surface area contributed by atoms with E-state index >= 15 is 0 Å². The van der Waals surface area contributed by atoms with E-state index in [1.54, 1.807) is 11.7 Å². The third-order valence-electron chi connectivity index (χ3n) is 2.32. The van der Waals surface area contributed by atoms with Crippen LogP contribution >= 0.6 is 22.9 Å². The van der Waals surface area contributed by atoms with Gasteiger partial charge in [0.25, 0.3) is 0 Å². The molecule has 1 unspecified atom stereocenters. The maximum Gasteiger partial charge on any atom is 0.107 e. The van der Waals surface area contributed by atoms with Crippen LogP contribution in [0.5, 0.6) is 0 Å². The van der Waals surface area contributed by atoms with E-state index in [2.05, 4.69) is 15.5 Å². The zero-order valence-electron chi connectivity index (χ0n) is 8.72. The molecule has 0 radical (unpaired) electrons. The highest BCUT2D eigenvalue weighted by Crippen LogP contribution is 2.27. The Bertz CT molecular complexity index is 452. The Morgan fingerprint density at radius 3 is 3.06 bits per heavy atom. The fraction of sp³-hybridized carbons (Fsp3) is 0.333. The van der Waals surface area contributed by atoms with Gasteiger partial charge in [0.05, 0.1) is 28.1 Å². The molecule has 0 saturated carbocycles. The molecule has 0 saturated heterocycles. The number of hydrogen-bond acceptors (Lipinski definition) is 5. The van der Waals surface area contributed by atoms with Crippen molar-refractivity contribution in [3.8, 4) is 0 Å². The summed E-state index contributed by atoms with van der Waals surface area (Å²) < 4.78 is 1.81. The molecular formula is C9H12ClN5S. The Hall–Kier alpha value is -0.950. The van der Waals surface area contributed by atoms with Gasteiger partial charge in [0, 0.05) is 11.9 Å². The Morgan fingerprint density at radius 2 is 2.50 bits per heavy atom. The van der Waals surface area contributed by atoms with Crippen LogP contribution in [0.15, 0.2) is 17.1 Å². The molecule has 0 amide bonds. The van der Waals surface area contributed by atoms with E-state index in [9.17, 15) is 0 Å². The molecule has 0 aliphatic heterocycles. The van der Waals surface area contributed by atoms with Gasteiger partial charge in [-0.1, -0.05) is 11.6 Å². The second-order valence-electron chi connectivity index (χ2n) is 3.21. The lowest BCUT2D eigenvalue weighted by atomic mass is 10.1. The number of rotatable bonds is 4. The average molecular weight is 258 g/mol. The summed E-state index contributed by atoms with van der Waals surface area (Å²) in [5.41, 5.74) is 6.18. The Kier molecular flexibility index (Phi) is 3.55. The van der Waals surface area contributed by atoms with Crippen molar-refractivity contribution in [3.05, 3.63) is 33.5 Å². The third-order valence-corrected chi connectivity index (χ3v) is 3.22. The van der Waals surface area contributed by atoms with E-state index in [1.807, 2.05) is 17.0 Å². The van der Waals surface area contributed by atoms with Crippen LogP contribution in [0.1, 0.15) is 24.4 Å². The van der Waals surface area contributed by atoms with Gasteiger partial charge < -0.3 is 0 Å². The van der Waals surface area contributed by atoms with Gasteiger partial charge in [0.15, 0.2) is 0 Å². The van der Waals surface area contributed by atoms with Crippen LogP contribution in [-0.2, 0) is 6.54 Å². The first-order valence-electron chi connectivity index (χ1n) is 4.83. The van der Waals surface area contributed by atoms with Crippen molar-refractivity contribution in [3.63, 3.8) is 0 Å². The minimum atomic E-state index is -0.221. The fourth-order valence-electron chi connectivity index (χ4n) is 1.58. The third kappa shape index (κ3) is 1.97. The first-order chi connectivity index (χ1) is 7.77. The molecule has 86 valence electrons. The molecule has 1 atom stereocenters. The normalized spacial score (nSPS) is 12.9. The molecule has 3 N–H and O–H groups in total. The maximum absolute atomic E-state index is 6.11. The molecule has 5 nitrogen and oxygen atoms in total. The number of aromatic nitrogens is 3. The van der Waals surface area contributed by atoms with Crippen molar-refractivity contribution in [2.24, 2.45) is 5.84 Å². The molecular weight excluding hydrogens is 246 g/mol. The van der Waals surface area contributed by atoms with Gasteiger partial charge in [-0.2, -0.15) is 5.10 Å². The van der Waals surface area contributed by atoms with Gasteiger partial charge >= 0.3 is 0 Å². The minimum absolute atomic E-state index is 0.221. The van der Waals surface area contributed by atoms with Crippen molar-refractivity contribution in [1.29, 1.82) is 0 Å². The summed E-state index contributed by atoms with van der Waals surface area (Å²) >= 11 is 7.63. The molecule has 0 fully saturated rings. The summed E-state index contributed by atoms with van der Waals surface area (Å²) in [6.45, 7) is 2.74. The number of halogens is 1. The second-order valence-corrected chi connectivity index (χ2v) is 4.33. The number of nitrogens with two attached hydrogens (primary N) is 1. The van der Waals surface area contributed by atoms with E-state index in [4.69, 9.17) is 17.4 Å². The zero-order chi connectivity index (χ0) is 11.5. The molecule has 0 aliphatic carbocycles. The molecule has 2 aromatic heterocycles. The Morgan fingerprint density at radius 1 is 1.69 bits per heavy atom. The first-order valence-corrected chi connectivity index (χ1v) is 6.15. The van der Waals surface area contributed by atoms with Crippen LogP contribution < -0.4 is 11.3 Å². The number of hydrazine groups is 1. The monoisotopic (exact) mass is 257 g/mol. The number of aryl methyl sites for hydroxylation is 1. The van der Waals surface area contributed by atoms with E-state index < -0.39 is 0 Å². The van der Waals surface area contributed by atoms with Gasteiger partial charge in [-0.05, 0) is 6.92 Å². The van der Waals surface area contributed by atoms with Crippen LogP contribution in [0, 0.1) is 0 Å². The van der Waals surface area contributed by atoms with Gasteiger partial charge in [0.2, 0.25) is 0 Å². The first kappa shape index (κ1) is 11.5. The summed E-state index contributed by atoms with van der Waals surface area (Å²) in [5.74, 6) is 5.56. The van der Waals surface area contributed by atoms with Crippen molar-refractivity contribution in [2.45, 2.75) is 19.5 Å². The van der Waals surface area contributed by atoms with Crippen LogP contribution in [-0.4, -0.2) is 14.8 Å². The highest BCUT2D eigenvalue weighted by molar-refractivity contribution is 7.07. The highest BCUT2D eigenvalue weighted by atomic mass is 35.5. The lowest BCUT2D eigenvalue weighted by molar-refractivity contribution is 0.537. The number of nitrogens with one attached hydrogen (secondary N) is 1. The molecule has 0 spiro atoms. The van der Waals surface area contributed by atoms with E-state index in [1.165, 1.54) is 11.3 Å². The Labute approximate surface area is 102 Å². The number of hydrogen-bond donors (Lipinski definition) is 2. The van der Waals surface area contributed by atoms with Crippen molar-refractivity contribution >= 4 is 22.9 Å². The second kappa shape index (κ2) is 4.92. The van der Waals surface area contributed by atoms with Gasteiger partial charge in [0.1, 0.15) is 6.04 Å². The topological polar surface area (TPSA) is 68.8 Å². The molecule has 16 heavy (non-hydrogen) atoms. The van der Waals surface area contributed by atoms with Crippen molar-refractivity contribution in [1.82, 2.24) is 20.2 Å². The molecule has 7 heteroatoms. The van der Waals surface area contributed by atoms with E-state index in [0.29, 0.717) is 5.02 Å². The predicted molar refractivity (Wildman–Crippen MR) is 64.2 cm³/mol. The predicted octanol–water partition coefficient (Wildman–Crippen LogP) is 1.57. The van der Waals surface area contributed by atoms with Crippen LogP contribution in [0.2, 0.25) is 5.02 Å². The SMILES string of the molecule is CCn1ncc(Cl)c1C(NN)c1cscn1. The van der Waals surface area contributed by atoms with E-state index in [-0.39, 0.29) is 6.04 Å². The standard InChI is InChI=1S/C9H12ClN5S/c1-2-15-9(6(10)3-13-15)8(14-11)7-4-16-5-12-7/h3-5,8,14H,2,11H2,1H3. The van der Waals surface area contributed by atoms with Crippen LogP contribution in [0.4, 0.5) is 0 Å². The van der Waals surface area contributed by atoms with Crippen LogP contribution in [0.25, 0.3) is 0 Å². The van der Waals surface area contributed by atoms with Gasteiger partial charge in [-0.15, -0.1) is 11.3 Å². The number of thiazole rings is 1. The zero-order valence-corrected chi connectivity index (χ0v) is 10.3. The largest absolute Gasteiger partial charge is 0.270 e. The van der Waals surface area contributed by atoms with E-state index in [0.717, 1.165) is 17.9 Å². The summed E-state index contributed by atoms with van der Waals surface area (Å²) in [6, 6.07) is -0.221. The fourth-order valence-corrected chi connectivity index (χ4v) is 2.41. The molecule has 2 heterocycles. The van der Waals surface area contributed by atoms with Gasteiger partial charge in [-0.25, -0.2) is 10.4 Å². The van der Waals surface area contributed by atoms with Gasteiger partial charge in [-0.3, -0.25) is 10.5 Å². The summed E-state index contributed by atoms with van der Waals surface area (Å²) in [5, 5.41) is 6.71. The summed E-state index contributed by atoms with van der Waals surface area (Å²) in [7, 11) is 0. The smallest absolute Gasteiger partial charge is 0.107 e. The minimum Gasteiger partial charge on any atom is -0.270 e. The molecule has 0 aromatic carbocycles. The lowest BCUT2D eigenvalue weighted by Crippen LogP contribution is -2.31. The van der Waals surface area contributed by atoms with Crippen molar-refractivity contribution in [2.75, 3.05) is 0 Å². The molecule has 0 aliphatic rings. The summed E-state index contributed by atoms with van der Waals surface area (Å²) in [4.78, 5) is 4.24. The summed E-state index contributed by atoms with van der Waals surface area (Å²) in [6.07, 6.45) is 1.62. The number of nitrogens with zero attached hydrogens (tertiary/aromatic N) is 3. The van der Waals surface area contributed by atoms with Crippen LogP contribution in [0.3, 0.4) is 0 Å². The molecule has 0 bridgehead atoms.